The first-order valence-electron chi connectivity index (χ1n) is 10.2. The van der Waals surface area contributed by atoms with Crippen LogP contribution in [0.4, 0.5) is 0 Å². The molecule has 0 amide bonds. The third-order valence-electron chi connectivity index (χ3n) is 5.78. The number of hydrogen-bond donors (Lipinski definition) is 0. The second-order valence-electron chi connectivity index (χ2n) is 7.85. The Bertz CT molecular complexity index is 1400. The van der Waals surface area contributed by atoms with Crippen LogP contribution < -0.4 is 19.6 Å². The zero-order chi connectivity index (χ0) is 21.7. The van der Waals surface area contributed by atoms with Crippen molar-refractivity contribution in [1.29, 1.82) is 0 Å². The van der Waals surface area contributed by atoms with Gasteiger partial charge in [-0.2, -0.15) is 0 Å². The lowest BCUT2D eigenvalue weighted by Gasteiger charge is -2.29. The topological polar surface area (TPSA) is 61.1 Å². The van der Waals surface area contributed by atoms with Crippen molar-refractivity contribution in [3.05, 3.63) is 87.2 Å². The van der Waals surface area contributed by atoms with E-state index in [4.69, 9.17) is 30.2 Å². The van der Waals surface area contributed by atoms with Crippen molar-refractivity contribution < 1.29 is 18.6 Å². The summed E-state index contributed by atoms with van der Waals surface area (Å²) >= 11 is 5.98. The zero-order valence-electron chi connectivity index (χ0n) is 17.0. The highest BCUT2D eigenvalue weighted by atomic mass is 35.5. The van der Waals surface area contributed by atoms with E-state index < -0.39 is 0 Å². The molecule has 7 heteroatoms. The molecule has 32 heavy (non-hydrogen) atoms. The van der Waals surface area contributed by atoms with Gasteiger partial charge in [-0.3, -0.25) is 9.69 Å². The molecular weight excluding hydrogens is 430 g/mol. The molecular formula is C25H18ClNO5. The molecule has 0 spiro atoms. The molecule has 6 nitrogen and oxygen atoms in total. The minimum atomic E-state index is -0.0794. The van der Waals surface area contributed by atoms with Crippen molar-refractivity contribution in [2.45, 2.75) is 13.1 Å². The number of hydrogen-bond acceptors (Lipinski definition) is 6. The van der Waals surface area contributed by atoms with Gasteiger partial charge in [0.1, 0.15) is 24.3 Å². The maximum absolute atomic E-state index is 13.2. The number of nitrogens with zero attached hydrogens (tertiary/aromatic N) is 1. The Morgan fingerprint density at radius 1 is 0.906 bits per heavy atom. The smallest absolute Gasteiger partial charge is 0.231 e. The van der Waals surface area contributed by atoms with E-state index >= 15 is 0 Å². The van der Waals surface area contributed by atoms with Crippen molar-refractivity contribution in [1.82, 2.24) is 4.90 Å². The highest BCUT2D eigenvalue weighted by Gasteiger charge is 2.23. The average Bonchev–Trinajstić information content (AvgIpc) is 3.28. The van der Waals surface area contributed by atoms with Crippen LogP contribution in [-0.2, 0) is 13.1 Å². The summed E-state index contributed by atoms with van der Waals surface area (Å²) in [7, 11) is 0. The summed E-state index contributed by atoms with van der Waals surface area (Å²) in [5.41, 5.74) is 3.71. The number of halogens is 1. The Morgan fingerprint density at radius 3 is 2.59 bits per heavy atom. The fourth-order valence-corrected chi connectivity index (χ4v) is 4.31. The molecule has 0 unspecified atom stereocenters. The third-order valence-corrected chi connectivity index (χ3v) is 6.04. The van der Waals surface area contributed by atoms with Gasteiger partial charge in [-0.05, 0) is 47.5 Å². The Balaban J connectivity index is 1.33. The van der Waals surface area contributed by atoms with Crippen molar-refractivity contribution in [3.8, 4) is 28.4 Å². The van der Waals surface area contributed by atoms with Crippen molar-refractivity contribution in [2.24, 2.45) is 0 Å². The van der Waals surface area contributed by atoms with Crippen LogP contribution in [0.2, 0.25) is 5.02 Å². The Morgan fingerprint density at radius 2 is 1.72 bits per heavy atom. The lowest BCUT2D eigenvalue weighted by molar-refractivity contribution is 0.0889. The minimum Gasteiger partial charge on any atom is -0.478 e. The first-order valence-corrected chi connectivity index (χ1v) is 10.6. The monoisotopic (exact) mass is 447 g/mol. The van der Waals surface area contributed by atoms with Gasteiger partial charge in [-0.25, -0.2) is 0 Å². The summed E-state index contributed by atoms with van der Waals surface area (Å²) in [6, 6.07) is 16.7. The minimum absolute atomic E-state index is 0.0794. The van der Waals surface area contributed by atoms with Crippen LogP contribution in [0.1, 0.15) is 11.1 Å². The molecule has 160 valence electrons. The first-order chi connectivity index (χ1) is 15.7. The van der Waals surface area contributed by atoms with Gasteiger partial charge >= 0.3 is 0 Å². The lowest BCUT2D eigenvalue weighted by Crippen LogP contribution is -2.31. The summed E-state index contributed by atoms with van der Waals surface area (Å²) in [6.07, 6.45) is 1.52. The van der Waals surface area contributed by atoms with E-state index in [1.165, 1.54) is 6.26 Å². The molecule has 0 fully saturated rings. The molecule has 0 saturated carbocycles. The third kappa shape index (κ3) is 3.28. The predicted molar refractivity (Wildman–Crippen MR) is 120 cm³/mol. The van der Waals surface area contributed by atoms with Gasteiger partial charge in [-0.1, -0.05) is 29.8 Å². The Hall–Kier alpha value is -3.48. The Kier molecular flexibility index (Phi) is 4.56. The normalized spacial score (nSPS) is 14.9. The average molecular weight is 448 g/mol. The second-order valence-corrected chi connectivity index (χ2v) is 8.29. The first kappa shape index (κ1) is 19.2. The summed E-state index contributed by atoms with van der Waals surface area (Å²) in [5, 5.41) is 1.15. The molecule has 3 aromatic carbocycles. The molecule has 2 aliphatic heterocycles. The Labute approximate surface area is 188 Å². The fourth-order valence-electron chi connectivity index (χ4n) is 4.18. The molecule has 0 radical (unpaired) electrons. The molecule has 0 saturated heterocycles. The van der Waals surface area contributed by atoms with Crippen molar-refractivity contribution >= 4 is 22.6 Å². The summed E-state index contributed by atoms with van der Waals surface area (Å²) in [4.78, 5) is 15.4. The van der Waals surface area contributed by atoms with Crippen molar-refractivity contribution in [2.75, 3.05) is 13.5 Å². The number of rotatable bonds is 3. The summed E-state index contributed by atoms with van der Waals surface area (Å²) in [6.45, 7) is 1.96. The van der Waals surface area contributed by atoms with Gasteiger partial charge in [0, 0.05) is 18.1 Å². The van der Waals surface area contributed by atoms with Crippen LogP contribution in [0.25, 0.3) is 22.1 Å². The van der Waals surface area contributed by atoms with Gasteiger partial charge < -0.3 is 18.6 Å². The van der Waals surface area contributed by atoms with Crippen LogP contribution in [0, 0.1) is 0 Å². The summed E-state index contributed by atoms with van der Waals surface area (Å²) < 4.78 is 22.8. The molecule has 0 bridgehead atoms. The maximum Gasteiger partial charge on any atom is 0.231 e. The van der Waals surface area contributed by atoms with E-state index in [9.17, 15) is 4.79 Å². The largest absolute Gasteiger partial charge is 0.478 e. The zero-order valence-corrected chi connectivity index (χ0v) is 17.7. The van der Waals surface area contributed by atoms with Gasteiger partial charge in [-0.15, -0.1) is 0 Å². The molecule has 4 aromatic rings. The SMILES string of the molecule is O=c1c(-c2ccc(Cl)cc2)coc2c3c(ccc12)OCN(Cc1ccc2c(c1)OCO2)C3. The number of benzene rings is 3. The van der Waals surface area contributed by atoms with Crippen LogP contribution in [0.5, 0.6) is 17.2 Å². The van der Waals surface area contributed by atoms with Gasteiger partial charge in [0.25, 0.3) is 0 Å². The molecule has 1 aromatic heterocycles. The van der Waals surface area contributed by atoms with E-state index in [0.29, 0.717) is 41.4 Å². The summed E-state index contributed by atoms with van der Waals surface area (Å²) in [5.74, 6) is 2.26. The highest BCUT2D eigenvalue weighted by molar-refractivity contribution is 6.30. The van der Waals surface area contributed by atoms with Crippen LogP contribution >= 0.6 is 11.6 Å². The quantitative estimate of drug-likeness (QED) is 0.430. The number of ether oxygens (including phenoxy) is 3. The predicted octanol–water partition coefficient (Wildman–Crippen LogP) is 5.19. The van der Waals surface area contributed by atoms with Gasteiger partial charge in [0.2, 0.25) is 12.2 Å². The van der Waals surface area contributed by atoms with Crippen molar-refractivity contribution in [3.63, 3.8) is 0 Å². The van der Waals surface area contributed by atoms with Gasteiger partial charge in [0.15, 0.2) is 11.5 Å². The standard InChI is InChI=1S/C25H18ClNO5/c26-17-4-2-16(3-5-17)20-12-29-25-18(24(20)28)6-8-21-19(25)11-27(13-30-21)10-15-1-7-22-23(9-15)32-14-31-22/h1-9,12H,10-11,13-14H2. The van der Waals surface area contributed by atoms with Gasteiger partial charge in [0.05, 0.1) is 16.5 Å². The van der Waals surface area contributed by atoms with Crippen LogP contribution in [0.3, 0.4) is 0 Å². The molecule has 0 N–H and O–H groups in total. The molecule has 0 atom stereocenters. The van der Waals surface area contributed by atoms with E-state index in [2.05, 4.69) is 4.90 Å². The van der Waals surface area contributed by atoms with E-state index in [-0.39, 0.29) is 12.2 Å². The van der Waals surface area contributed by atoms with E-state index in [0.717, 1.165) is 33.9 Å². The molecule has 2 aliphatic rings. The second kappa shape index (κ2) is 7.58. The fraction of sp³-hybridized carbons (Fsp3) is 0.160. The number of fused-ring (bicyclic) bond motifs is 4. The maximum atomic E-state index is 13.2. The highest BCUT2D eigenvalue weighted by Crippen LogP contribution is 2.35. The van der Waals surface area contributed by atoms with E-state index in [1.54, 1.807) is 18.2 Å². The van der Waals surface area contributed by atoms with Crippen LogP contribution in [-0.4, -0.2) is 18.4 Å². The van der Waals surface area contributed by atoms with Crippen LogP contribution in [0.15, 0.2) is 70.1 Å². The molecule has 3 heterocycles. The molecule has 0 aliphatic carbocycles. The molecule has 6 rings (SSSR count). The lowest BCUT2D eigenvalue weighted by atomic mass is 10.0. The van der Waals surface area contributed by atoms with E-state index in [1.807, 2.05) is 36.4 Å².